The quantitative estimate of drug-likeness (QED) is 0.725. The van der Waals surface area contributed by atoms with E-state index in [0.29, 0.717) is 6.42 Å². The standard InChI is InChI=1S/C8H12O3S2/c1-7(11-13(2,9)10)5-8-3-4-12-6-8/h3-4,6-7H,5H2,1-2H3/t7-/m1/s1. The van der Waals surface area contributed by atoms with Crippen LogP contribution in [0.4, 0.5) is 0 Å². The van der Waals surface area contributed by atoms with E-state index in [2.05, 4.69) is 0 Å². The lowest BCUT2D eigenvalue weighted by Crippen LogP contribution is -2.16. The molecule has 0 spiro atoms. The third-order valence-electron chi connectivity index (χ3n) is 1.44. The highest BCUT2D eigenvalue weighted by Crippen LogP contribution is 2.11. The summed E-state index contributed by atoms with van der Waals surface area (Å²) in [6.45, 7) is 1.75. The smallest absolute Gasteiger partial charge is 0.264 e. The molecule has 0 amide bonds. The SMILES string of the molecule is C[C@H](Cc1ccsc1)OS(C)(=O)=O. The zero-order valence-electron chi connectivity index (χ0n) is 7.56. The molecule has 0 N–H and O–H groups in total. The number of rotatable bonds is 4. The predicted octanol–water partition coefficient (Wildman–Crippen LogP) is 1.66. The van der Waals surface area contributed by atoms with Crippen LogP contribution in [-0.4, -0.2) is 20.8 Å². The van der Waals surface area contributed by atoms with E-state index in [-0.39, 0.29) is 6.10 Å². The Kier molecular flexibility index (Phi) is 3.47. The summed E-state index contributed by atoms with van der Waals surface area (Å²) in [7, 11) is -3.32. The van der Waals surface area contributed by atoms with Crippen molar-refractivity contribution in [2.75, 3.05) is 6.26 Å². The summed E-state index contributed by atoms with van der Waals surface area (Å²) < 4.78 is 26.3. The van der Waals surface area contributed by atoms with Crippen molar-refractivity contribution in [3.05, 3.63) is 22.4 Å². The van der Waals surface area contributed by atoms with Crippen molar-refractivity contribution >= 4 is 21.5 Å². The second kappa shape index (κ2) is 4.21. The lowest BCUT2D eigenvalue weighted by molar-refractivity contribution is 0.232. The van der Waals surface area contributed by atoms with Crippen molar-refractivity contribution in [1.82, 2.24) is 0 Å². The van der Waals surface area contributed by atoms with Crippen LogP contribution in [-0.2, 0) is 20.7 Å². The summed E-state index contributed by atoms with van der Waals surface area (Å²) in [6.07, 6.45) is 1.41. The molecule has 0 aliphatic heterocycles. The minimum absolute atomic E-state index is 0.287. The fourth-order valence-electron chi connectivity index (χ4n) is 1.07. The van der Waals surface area contributed by atoms with E-state index in [4.69, 9.17) is 4.18 Å². The molecule has 0 radical (unpaired) electrons. The normalized spacial score (nSPS) is 14.3. The molecule has 0 saturated heterocycles. The maximum absolute atomic E-state index is 10.8. The molecule has 1 heterocycles. The Hall–Kier alpha value is -0.390. The van der Waals surface area contributed by atoms with E-state index >= 15 is 0 Å². The molecule has 0 bridgehead atoms. The molecule has 0 unspecified atom stereocenters. The fourth-order valence-corrected chi connectivity index (χ4v) is 2.42. The van der Waals surface area contributed by atoms with E-state index in [0.717, 1.165) is 11.8 Å². The van der Waals surface area contributed by atoms with Crippen LogP contribution in [0, 0.1) is 0 Å². The van der Waals surface area contributed by atoms with Crippen LogP contribution in [0.15, 0.2) is 16.8 Å². The Bertz CT molecular complexity index is 339. The number of hydrogen-bond acceptors (Lipinski definition) is 4. The van der Waals surface area contributed by atoms with E-state index in [1.807, 2.05) is 16.8 Å². The van der Waals surface area contributed by atoms with Crippen molar-refractivity contribution in [2.45, 2.75) is 19.4 Å². The van der Waals surface area contributed by atoms with Gasteiger partial charge in [0.05, 0.1) is 12.4 Å². The Morgan fingerprint density at radius 3 is 2.77 bits per heavy atom. The summed E-state index contributed by atoms with van der Waals surface area (Å²) in [5.41, 5.74) is 1.11. The highest BCUT2D eigenvalue weighted by molar-refractivity contribution is 7.86. The molecule has 1 aromatic rings. The second-order valence-electron chi connectivity index (χ2n) is 2.95. The molecule has 0 saturated carbocycles. The van der Waals surface area contributed by atoms with Gasteiger partial charge < -0.3 is 0 Å². The van der Waals surface area contributed by atoms with Gasteiger partial charge in [-0.3, -0.25) is 4.18 Å². The van der Waals surface area contributed by atoms with Gasteiger partial charge in [-0.25, -0.2) is 0 Å². The van der Waals surface area contributed by atoms with Crippen LogP contribution in [0.25, 0.3) is 0 Å². The van der Waals surface area contributed by atoms with Crippen molar-refractivity contribution < 1.29 is 12.6 Å². The number of thiophene rings is 1. The first-order valence-electron chi connectivity index (χ1n) is 3.87. The lowest BCUT2D eigenvalue weighted by Gasteiger charge is -2.08. The summed E-state index contributed by atoms with van der Waals surface area (Å²) >= 11 is 1.59. The van der Waals surface area contributed by atoms with Crippen molar-refractivity contribution in [3.8, 4) is 0 Å². The minimum atomic E-state index is -3.32. The molecule has 0 fully saturated rings. The molecule has 1 atom stereocenters. The Morgan fingerprint density at radius 2 is 2.31 bits per heavy atom. The van der Waals surface area contributed by atoms with Crippen LogP contribution in [0.5, 0.6) is 0 Å². The molecule has 5 heteroatoms. The summed E-state index contributed by atoms with van der Waals surface area (Å²) in [5, 5.41) is 3.95. The molecule has 3 nitrogen and oxygen atoms in total. The van der Waals surface area contributed by atoms with Crippen LogP contribution >= 0.6 is 11.3 Å². The van der Waals surface area contributed by atoms with Crippen LogP contribution < -0.4 is 0 Å². The molecular formula is C8H12O3S2. The van der Waals surface area contributed by atoms with Crippen molar-refractivity contribution in [2.24, 2.45) is 0 Å². The van der Waals surface area contributed by atoms with Gasteiger partial charge >= 0.3 is 0 Å². The average molecular weight is 220 g/mol. The Balaban J connectivity index is 2.47. The lowest BCUT2D eigenvalue weighted by atomic mass is 10.2. The van der Waals surface area contributed by atoms with Gasteiger partial charge in [0.1, 0.15) is 0 Å². The zero-order valence-corrected chi connectivity index (χ0v) is 9.19. The maximum atomic E-state index is 10.8. The van der Waals surface area contributed by atoms with Gasteiger partial charge in [-0.1, -0.05) is 0 Å². The minimum Gasteiger partial charge on any atom is -0.267 e. The molecule has 1 rings (SSSR count). The van der Waals surface area contributed by atoms with E-state index in [9.17, 15) is 8.42 Å². The van der Waals surface area contributed by atoms with Crippen molar-refractivity contribution in [1.29, 1.82) is 0 Å². The van der Waals surface area contributed by atoms with Crippen LogP contribution in [0.1, 0.15) is 12.5 Å². The highest BCUT2D eigenvalue weighted by atomic mass is 32.2. The molecule has 0 aliphatic rings. The number of hydrogen-bond donors (Lipinski definition) is 0. The average Bonchev–Trinajstić information content (AvgIpc) is 2.34. The molecule has 1 aromatic heterocycles. The summed E-state index contributed by atoms with van der Waals surface area (Å²) in [6, 6.07) is 1.97. The molecule has 0 aliphatic carbocycles. The third-order valence-corrected chi connectivity index (χ3v) is 2.85. The largest absolute Gasteiger partial charge is 0.267 e. The Labute approximate surface area is 82.5 Å². The van der Waals surface area contributed by atoms with Gasteiger partial charge in [0, 0.05) is 6.42 Å². The second-order valence-corrected chi connectivity index (χ2v) is 5.33. The van der Waals surface area contributed by atoms with E-state index in [1.165, 1.54) is 0 Å². The highest BCUT2D eigenvalue weighted by Gasteiger charge is 2.10. The fraction of sp³-hybridized carbons (Fsp3) is 0.500. The molecular weight excluding hydrogens is 208 g/mol. The molecule has 13 heavy (non-hydrogen) atoms. The Morgan fingerprint density at radius 1 is 1.62 bits per heavy atom. The maximum Gasteiger partial charge on any atom is 0.264 e. The molecule has 0 aromatic carbocycles. The first kappa shape index (κ1) is 10.7. The summed E-state index contributed by atoms with van der Waals surface area (Å²) in [4.78, 5) is 0. The predicted molar refractivity (Wildman–Crippen MR) is 53.4 cm³/mol. The first-order valence-corrected chi connectivity index (χ1v) is 6.62. The van der Waals surface area contributed by atoms with Gasteiger partial charge in [0.15, 0.2) is 0 Å². The van der Waals surface area contributed by atoms with Gasteiger partial charge in [-0.15, -0.1) is 0 Å². The van der Waals surface area contributed by atoms with E-state index in [1.54, 1.807) is 18.3 Å². The zero-order chi connectivity index (χ0) is 9.90. The van der Waals surface area contributed by atoms with Crippen LogP contribution in [0.2, 0.25) is 0 Å². The van der Waals surface area contributed by atoms with E-state index < -0.39 is 10.1 Å². The van der Waals surface area contributed by atoms with Gasteiger partial charge in [-0.05, 0) is 29.3 Å². The monoisotopic (exact) mass is 220 g/mol. The van der Waals surface area contributed by atoms with Gasteiger partial charge in [0.2, 0.25) is 0 Å². The van der Waals surface area contributed by atoms with Crippen LogP contribution in [0.3, 0.4) is 0 Å². The van der Waals surface area contributed by atoms with Gasteiger partial charge in [0.25, 0.3) is 10.1 Å². The summed E-state index contributed by atoms with van der Waals surface area (Å²) in [5.74, 6) is 0. The first-order chi connectivity index (χ1) is 5.97. The van der Waals surface area contributed by atoms with Gasteiger partial charge in [-0.2, -0.15) is 19.8 Å². The van der Waals surface area contributed by atoms with Crippen molar-refractivity contribution in [3.63, 3.8) is 0 Å². The third kappa shape index (κ3) is 4.40. The topological polar surface area (TPSA) is 43.4 Å². The molecule has 74 valence electrons.